The van der Waals surface area contributed by atoms with Crippen molar-refractivity contribution in [3.8, 4) is 0 Å². The molecule has 0 radical (unpaired) electrons. The maximum atomic E-state index is 11.1. The number of fused-ring (bicyclic) bond motifs is 1. The Balaban J connectivity index is 2.05. The molecule has 3 rings (SSSR count). The van der Waals surface area contributed by atoms with Crippen molar-refractivity contribution in [3.05, 3.63) is 53.2 Å². The predicted octanol–water partition coefficient (Wildman–Crippen LogP) is 4.45. The summed E-state index contributed by atoms with van der Waals surface area (Å²) in [5.74, 6) is -0.891. The number of hydrogen-bond donors (Lipinski definition) is 1. The lowest BCUT2D eigenvalue weighted by molar-refractivity contribution is 0.0702. The molecule has 0 saturated heterocycles. The lowest BCUT2D eigenvalue weighted by atomic mass is 10.2. The number of pyridine rings is 1. The van der Waals surface area contributed by atoms with Crippen LogP contribution in [-0.2, 0) is 0 Å². The number of aromatic carboxylic acids is 1. The van der Waals surface area contributed by atoms with E-state index in [1.54, 1.807) is 30.2 Å². The van der Waals surface area contributed by atoms with E-state index >= 15 is 0 Å². The lowest BCUT2D eigenvalue weighted by Gasteiger charge is -2.03. The SMILES string of the molecule is Cc1cccc(Sc2cncc3sc(C(=O)O)cc23)c1. The summed E-state index contributed by atoms with van der Waals surface area (Å²) in [5.41, 5.74) is 1.20. The van der Waals surface area contributed by atoms with Crippen molar-refractivity contribution < 1.29 is 9.90 Å². The van der Waals surface area contributed by atoms with E-state index in [2.05, 4.69) is 24.0 Å². The van der Waals surface area contributed by atoms with Crippen molar-refractivity contribution in [3.63, 3.8) is 0 Å². The molecule has 0 bridgehead atoms. The van der Waals surface area contributed by atoms with Gasteiger partial charge in [-0.25, -0.2) is 4.79 Å². The molecule has 0 aliphatic carbocycles. The second kappa shape index (κ2) is 5.26. The summed E-state index contributed by atoms with van der Waals surface area (Å²) < 4.78 is 0.903. The topological polar surface area (TPSA) is 50.2 Å². The molecule has 0 fully saturated rings. The van der Waals surface area contributed by atoms with Gasteiger partial charge >= 0.3 is 5.97 Å². The molecule has 0 unspecified atom stereocenters. The van der Waals surface area contributed by atoms with Gasteiger partial charge in [0.2, 0.25) is 0 Å². The van der Waals surface area contributed by atoms with Crippen LogP contribution in [0.2, 0.25) is 0 Å². The van der Waals surface area contributed by atoms with Crippen LogP contribution in [0.5, 0.6) is 0 Å². The van der Waals surface area contributed by atoms with Crippen molar-refractivity contribution in [2.75, 3.05) is 0 Å². The first-order valence-corrected chi connectivity index (χ1v) is 7.62. The maximum absolute atomic E-state index is 11.1. The number of rotatable bonds is 3. The minimum atomic E-state index is -0.891. The molecule has 0 amide bonds. The molecular formula is C15H11NO2S2. The highest BCUT2D eigenvalue weighted by molar-refractivity contribution is 7.99. The molecule has 100 valence electrons. The Labute approximate surface area is 124 Å². The van der Waals surface area contributed by atoms with Gasteiger partial charge in [0.1, 0.15) is 4.88 Å². The molecule has 0 aliphatic rings. The van der Waals surface area contributed by atoms with Gasteiger partial charge in [-0.15, -0.1) is 11.3 Å². The standard InChI is InChI=1S/C15H11NO2S2/c1-9-3-2-4-10(5-9)19-13-7-16-8-14-11(13)6-12(20-14)15(17)18/h2-8H,1H3,(H,17,18). The van der Waals surface area contributed by atoms with Gasteiger partial charge < -0.3 is 5.11 Å². The minimum absolute atomic E-state index is 0.346. The van der Waals surface area contributed by atoms with Crippen molar-refractivity contribution in [1.82, 2.24) is 4.98 Å². The molecule has 0 saturated carbocycles. The fourth-order valence-corrected chi connectivity index (χ4v) is 3.92. The molecule has 3 aromatic rings. The van der Waals surface area contributed by atoms with E-state index in [9.17, 15) is 4.79 Å². The van der Waals surface area contributed by atoms with Crippen molar-refractivity contribution in [2.45, 2.75) is 16.7 Å². The summed E-state index contributed by atoms with van der Waals surface area (Å²) in [7, 11) is 0. The van der Waals surface area contributed by atoms with Crippen molar-refractivity contribution in [1.29, 1.82) is 0 Å². The fourth-order valence-electron chi connectivity index (χ4n) is 1.93. The van der Waals surface area contributed by atoms with Crippen molar-refractivity contribution in [2.24, 2.45) is 0 Å². The zero-order valence-corrected chi connectivity index (χ0v) is 12.3. The first-order chi connectivity index (χ1) is 9.63. The first kappa shape index (κ1) is 13.1. The number of nitrogens with zero attached hydrogens (tertiary/aromatic N) is 1. The molecular weight excluding hydrogens is 290 g/mol. The number of aryl methyl sites for hydroxylation is 1. The van der Waals surface area contributed by atoms with E-state index in [4.69, 9.17) is 5.11 Å². The van der Waals surface area contributed by atoms with Crippen LogP contribution in [0.15, 0.2) is 52.5 Å². The largest absolute Gasteiger partial charge is 0.477 e. The van der Waals surface area contributed by atoms with Gasteiger partial charge in [-0.05, 0) is 25.1 Å². The second-order valence-electron chi connectivity index (χ2n) is 4.38. The number of carboxylic acids is 1. The van der Waals surface area contributed by atoms with Crippen LogP contribution in [0.1, 0.15) is 15.2 Å². The Hall–Kier alpha value is -1.85. The quantitative estimate of drug-likeness (QED) is 0.776. The van der Waals surface area contributed by atoms with Gasteiger partial charge in [-0.3, -0.25) is 4.98 Å². The van der Waals surface area contributed by atoms with Gasteiger partial charge in [0.05, 0.1) is 4.70 Å². The Bertz CT molecular complexity index is 795. The molecule has 0 atom stereocenters. The molecule has 0 spiro atoms. The van der Waals surface area contributed by atoms with E-state index in [1.807, 2.05) is 12.1 Å². The molecule has 2 heterocycles. The molecule has 3 nitrogen and oxygen atoms in total. The zero-order chi connectivity index (χ0) is 14.1. The number of thiophene rings is 1. The Morgan fingerprint density at radius 3 is 2.90 bits per heavy atom. The summed E-state index contributed by atoms with van der Waals surface area (Å²) in [5, 5.41) is 10.0. The van der Waals surface area contributed by atoms with E-state index in [0.717, 1.165) is 19.9 Å². The third kappa shape index (κ3) is 2.55. The molecule has 1 N–H and O–H groups in total. The van der Waals surface area contributed by atoms with Crippen LogP contribution >= 0.6 is 23.1 Å². The minimum Gasteiger partial charge on any atom is -0.477 e. The molecule has 0 aliphatic heterocycles. The van der Waals surface area contributed by atoms with Crippen molar-refractivity contribution >= 4 is 39.2 Å². The summed E-state index contributed by atoms with van der Waals surface area (Å²) in [6.45, 7) is 2.05. The molecule has 1 aromatic carbocycles. The van der Waals surface area contributed by atoms with Crippen LogP contribution in [-0.4, -0.2) is 16.1 Å². The van der Waals surface area contributed by atoms with Crippen LogP contribution < -0.4 is 0 Å². The average molecular weight is 301 g/mol. The maximum Gasteiger partial charge on any atom is 0.345 e. The van der Waals surface area contributed by atoms with Gasteiger partial charge in [0.25, 0.3) is 0 Å². The Morgan fingerprint density at radius 1 is 1.30 bits per heavy atom. The zero-order valence-electron chi connectivity index (χ0n) is 10.7. The summed E-state index contributed by atoms with van der Waals surface area (Å²) >= 11 is 2.87. The number of carbonyl (C=O) groups is 1. The first-order valence-electron chi connectivity index (χ1n) is 5.99. The van der Waals surface area contributed by atoms with Gasteiger partial charge in [0, 0.05) is 27.6 Å². The number of hydrogen-bond acceptors (Lipinski definition) is 4. The van der Waals surface area contributed by atoms with Crippen LogP contribution in [0, 0.1) is 6.92 Å². The summed E-state index contributed by atoms with van der Waals surface area (Å²) in [6.07, 6.45) is 3.50. The monoisotopic (exact) mass is 301 g/mol. The van der Waals surface area contributed by atoms with Gasteiger partial charge in [0.15, 0.2) is 0 Å². The number of aromatic nitrogens is 1. The molecule has 20 heavy (non-hydrogen) atoms. The normalized spacial score (nSPS) is 10.8. The average Bonchev–Trinajstić information content (AvgIpc) is 2.84. The van der Waals surface area contributed by atoms with E-state index in [1.165, 1.54) is 16.9 Å². The van der Waals surface area contributed by atoms with Gasteiger partial charge in [-0.1, -0.05) is 29.5 Å². The number of carboxylic acid groups (broad SMARTS) is 1. The Morgan fingerprint density at radius 2 is 2.15 bits per heavy atom. The highest BCUT2D eigenvalue weighted by Crippen LogP contribution is 2.36. The number of benzene rings is 1. The van der Waals surface area contributed by atoms with E-state index in [-0.39, 0.29) is 0 Å². The van der Waals surface area contributed by atoms with Crippen LogP contribution in [0.3, 0.4) is 0 Å². The summed E-state index contributed by atoms with van der Waals surface area (Å²) in [6, 6.07) is 9.94. The molecule has 5 heteroatoms. The lowest BCUT2D eigenvalue weighted by Crippen LogP contribution is -1.89. The Kier molecular flexibility index (Phi) is 3.46. The third-order valence-corrected chi connectivity index (χ3v) is 4.93. The smallest absolute Gasteiger partial charge is 0.345 e. The highest BCUT2D eigenvalue weighted by Gasteiger charge is 2.12. The fraction of sp³-hybridized carbons (Fsp3) is 0.0667. The second-order valence-corrected chi connectivity index (χ2v) is 6.58. The van der Waals surface area contributed by atoms with E-state index in [0.29, 0.717) is 4.88 Å². The predicted molar refractivity (Wildman–Crippen MR) is 81.9 cm³/mol. The molecule has 2 aromatic heterocycles. The third-order valence-electron chi connectivity index (χ3n) is 2.84. The summed E-state index contributed by atoms with van der Waals surface area (Å²) in [4.78, 5) is 17.7. The van der Waals surface area contributed by atoms with Gasteiger partial charge in [-0.2, -0.15) is 0 Å². The highest BCUT2D eigenvalue weighted by atomic mass is 32.2. The van der Waals surface area contributed by atoms with Crippen LogP contribution in [0.4, 0.5) is 0 Å². The van der Waals surface area contributed by atoms with Crippen LogP contribution in [0.25, 0.3) is 10.1 Å². The van der Waals surface area contributed by atoms with E-state index < -0.39 is 5.97 Å².